The SMILES string of the molecule is CC(=O)N[C@@H](Cc1cnc[nH]1)C(=O)NCc1ccc(-n2ccnc2C)cc1. The number of H-pyrrole nitrogens is 1. The summed E-state index contributed by atoms with van der Waals surface area (Å²) in [7, 11) is 0. The highest BCUT2D eigenvalue weighted by atomic mass is 16.2. The highest BCUT2D eigenvalue weighted by Gasteiger charge is 2.20. The number of rotatable bonds is 7. The summed E-state index contributed by atoms with van der Waals surface area (Å²) in [4.78, 5) is 35.0. The lowest BCUT2D eigenvalue weighted by atomic mass is 10.1. The van der Waals surface area contributed by atoms with E-state index in [9.17, 15) is 9.59 Å². The molecule has 0 unspecified atom stereocenters. The van der Waals surface area contributed by atoms with Gasteiger partial charge in [-0.1, -0.05) is 12.1 Å². The van der Waals surface area contributed by atoms with Gasteiger partial charge in [-0.15, -0.1) is 0 Å². The number of carbonyl (C=O) groups is 2. The van der Waals surface area contributed by atoms with Crippen molar-refractivity contribution in [3.8, 4) is 5.69 Å². The van der Waals surface area contributed by atoms with Gasteiger partial charge in [-0.25, -0.2) is 9.97 Å². The average molecular weight is 366 g/mol. The lowest BCUT2D eigenvalue weighted by Gasteiger charge is -2.17. The van der Waals surface area contributed by atoms with E-state index in [0.717, 1.165) is 22.8 Å². The molecule has 0 bridgehead atoms. The van der Waals surface area contributed by atoms with Gasteiger partial charge in [0.05, 0.1) is 6.33 Å². The molecule has 0 saturated heterocycles. The fourth-order valence-electron chi connectivity index (χ4n) is 2.81. The Morgan fingerprint density at radius 2 is 2.04 bits per heavy atom. The maximum Gasteiger partial charge on any atom is 0.243 e. The zero-order valence-corrected chi connectivity index (χ0v) is 15.3. The van der Waals surface area contributed by atoms with Gasteiger partial charge in [-0.3, -0.25) is 9.59 Å². The van der Waals surface area contributed by atoms with Crippen molar-refractivity contribution in [1.82, 2.24) is 30.2 Å². The first-order valence-electron chi connectivity index (χ1n) is 8.64. The Balaban J connectivity index is 1.61. The molecular weight excluding hydrogens is 344 g/mol. The number of hydrogen-bond donors (Lipinski definition) is 3. The lowest BCUT2D eigenvalue weighted by molar-refractivity contribution is -0.128. The Bertz CT molecular complexity index is 899. The van der Waals surface area contributed by atoms with Crippen LogP contribution in [0.3, 0.4) is 0 Å². The number of carbonyl (C=O) groups excluding carboxylic acids is 2. The van der Waals surface area contributed by atoms with E-state index in [1.54, 1.807) is 18.7 Å². The summed E-state index contributed by atoms with van der Waals surface area (Å²) in [6, 6.07) is 7.21. The number of amides is 2. The molecule has 2 heterocycles. The van der Waals surface area contributed by atoms with Gasteiger partial charge in [0, 0.05) is 49.9 Å². The van der Waals surface area contributed by atoms with Gasteiger partial charge in [0.25, 0.3) is 0 Å². The predicted octanol–water partition coefficient (Wildman–Crippen LogP) is 1.27. The number of imidazole rings is 2. The maximum atomic E-state index is 12.5. The Labute approximate surface area is 157 Å². The molecule has 0 radical (unpaired) electrons. The third kappa shape index (κ3) is 4.81. The highest BCUT2D eigenvalue weighted by molar-refractivity contribution is 5.87. The Hall–Kier alpha value is -3.42. The van der Waals surface area contributed by atoms with Gasteiger partial charge in [0.15, 0.2) is 0 Å². The van der Waals surface area contributed by atoms with Gasteiger partial charge < -0.3 is 20.2 Å². The molecule has 0 fully saturated rings. The molecule has 0 spiro atoms. The molecule has 3 aromatic rings. The largest absolute Gasteiger partial charge is 0.350 e. The van der Waals surface area contributed by atoms with E-state index < -0.39 is 6.04 Å². The highest BCUT2D eigenvalue weighted by Crippen LogP contribution is 2.11. The summed E-state index contributed by atoms with van der Waals surface area (Å²) in [6.45, 7) is 3.71. The van der Waals surface area contributed by atoms with Crippen LogP contribution in [0.15, 0.2) is 49.2 Å². The molecule has 140 valence electrons. The molecule has 8 nitrogen and oxygen atoms in total. The van der Waals surface area contributed by atoms with Crippen molar-refractivity contribution in [3.05, 3.63) is 66.3 Å². The summed E-state index contributed by atoms with van der Waals surface area (Å²) in [5.41, 5.74) is 2.76. The van der Waals surface area contributed by atoms with Crippen LogP contribution >= 0.6 is 0 Å². The standard InChI is InChI=1S/C19H22N6O2/c1-13-21-7-8-25(13)17-5-3-15(4-6-17)10-22-19(27)18(24-14(2)26)9-16-11-20-12-23-16/h3-8,11-12,18H,9-10H2,1-2H3,(H,20,23)(H,22,27)(H,24,26)/t18-/m0/s1. The fraction of sp³-hybridized carbons (Fsp3) is 0.263. The van der Waals surface area contributed by atoms with Gasteiger partial charge in [0.2, 0.25) is 11.8 Å². The first-order valence-corrected chi connectivity index (χ1v) is 8.64. The zero-order valence-electron chi connectivity index (χ0n) is 15.3. The molecule has 0 aliphatic carbocycles. The van der Waals surface area contributed by atoms with Crippen molar-refractivity contribution in [2.24, 2.45) is 0 Å². The molecule has 3 rings (SSSR count). The smallest absolute Gasteiger partial charge is 0.243 e. The zero-order chi connectivity index (χ0) is 19.2. The molecule has 2 aromatic heterocycles. The summed E-state index contributed by atoms with van der Waals surface area (Å²) in [5, 5.41) is 5.55. The van der Waals surface area contributed by atoms with E-state index in [1.165, 1.54) is 6.92 Å². The van der Waals surface area contributed by atoms with E-state index in [1.807, 2.05) is 42.0 Å². The Kier molecular flexibility index (Phi) is 5.65. The van der Waals surface area contributed by atoms with Crippen molar-refractivity contribution in [3.63, 3.8) is 0 Å². The number of aromatic amines is 1. The first kappa shape index (κ1) is 18.4. The van der Waals surface area contributed by atoms with E-state index >= 15 is 0 Å². The van der Waals surface area contributed by atoms with Crippen LogP contribution in [0, 0.1) is 6.92 Å². The number of benzene rings is 1. The first-order chi connectivity index (χ1) is 13.0. The Morgan fingerprint density at radius 3 is 2.63 bits per heavy atom. The van der Waals surface area contributed by atoms with Crippen molar-refractivity contribution < 1.29 is 9.59 Å². The number of aromatic nitrogens is 4. The summed E-state index contributed by atoms with van der Waals surface area (Å²) >= 11 is 0. The minimum atomic E-state index is -0.657. The third-order valence-corrected chi connectivity index (χ3v) is 4.18. The second-order valence-corrected chi connectivity index (χ2v) is 6.26. The van der Waals surface area contributed by atoms with Crippen LogP contribution in [-0.4, -0.2) is 37.4 Å². The third-order valence-electron chi connectivity index (χ3n) is 4.18. The molecule has 3 N–H and O–H groups in total. The number of aryl methyl sites for hydroxylation is 1. The van der Waals surface area contributed by atoms with Crippen LogP contribution in [0.5, 0.6) is 0 Å². The van der Waals surface area contributed by atoms with Crippen LogP contribution in [0.25, 0.3) is 5.69 Å². The number of nitrogens with one attached hydrogen (secondary N) is 3. The summed E-state index contributed by atoms with van der Waals surface area (Å²) < 4.78 is 1.99. The van der Waals surface area contributed by atoms with Crippen molar-refractivity contribution >= 4 is 11.8 Å². The monoisotopic (exact) mass is 366 g/mol. The molecule has 1 aromatic carbocycles. The average Bonchev–Trinajstić information content (AvgIpc) is 3.31. The van der Waals surface area contributed by atoms with Crippen molar-refractivity contribution in [2.75, 3.05) is 0 Å². The van der Waals surface area contributed by atoms with Crippen molar-refractivity contribution in [2.45, 2.75) is 32.9 Å². The van der Waals surface area contributed by atoms with Gasteiger partial charge in [0.1, 0.15) is 11.9 Å². The Morgan fingerprint density at radius 1 is 1.26 bits per heavy atom. The van der Waals surface area contributed by atoms with Gasteiger partial charge >= 0.3 is 0 Å². The van der Waals surface area contributed by atoms with Crippen LogP contribution < -0.4 is 10.6 Å². The molecule has 0 saturated carbocycles. The predicted molar refractivity (Wildman–Crippen MR) is 100 cm³/mol. The maximum absolute atomic E-state index is 12.5. The molecular formula is C19H22N6O2. The second kappa shape index (κ2) is 8.31. The van der Waals surface area contributed by atoms with Crippen LogP contribution in [-0.2, 0) is 22.6 Å². The normalized spacial score (nSPS) is 11.8. The van der Waals surface area contributed by atoms with E-state index in [-0.39, 0.29) is 11.8 Å². The number of hydrogen-bond acceptors (Lipinski definition) is 4. The van der Waals surface area contributed by atoms with E-state index in [0.29, 0.717) is 13.0 Å². The molecule has 27 heavy (non-hydrogen) atoms. The molecule has 0 aliphatic rings. The molecule has 0 aliphatic heterocycles. The summed E-state index contributed by atoms with van der Waals surface area (Å²) in [5.74, 6) is 0.414. The van der Waals surface area contributed by atoms with Gasteiger partial charge in [-0.2, -0.15) is 0 Å². The molecule has 2 amide bonds. The molecule has 1 atom stereocenters. The lowest BCUT2D eigenvalue weighted by Crippen LogP contribution is -2.47. The topological polar surface area (TPSA) is 105 Å². The number of nitrogens with zero attached hydrogens (tertiary/aromatic N) is 3. The van der Waals surface area contributed by atoms with Crippen molar-refractivity contribution in [1.29, 1.82) is 0 Å². The minimum Gasteiger partial charge on any atom is -0.350 e. The van der Waals surface area contributed by atoms with Crippen LogP contribution in [0.1, 0.15) is 24.0 Å². The molecule has 8 heteroatoms. The van der Waals surface area contributed by atoms with Gasteiger partial charge in [-0.05, 0) is 24.6 Å². The summed E-state index contributed by atoms with van der Waals surface area (Å²) in [6.07, 6.45) is 7.19. The quantitative estimate of drug-likeness (QED) is 0.585. The van der Waals surface area contributed by atoms with E-state index in [2.05, 4.69) is 25.6 Å². The van der Waals surface area contributed by atoms with Crippen LogP contribution in [0.2, 0.25) is 0 Å². The van der Waals surface area contributed by atoms with E-state index in [4.69, 9.17) is 0 Å². The fourth-order valence-corrected chi connectivity index (χ4v) is 2.81. The second-order valence-electron chi connectivity index (χ2n) is 6.26. The minimum absolute atomic E-state index is 0.241. The van der Waals surface area contributed by atoms with Crippen LogP contribution in [0.4, 0.5) is 0 Å².